The molecule has 18 atom stereocenters. The third-order valence-electron chi connectivity index (χ3n) is 11.5. The predicted molar refractivity (Wildman–Crippen MR) is 183 cm³/mol. The average molecular weight is 736 g/mol. The van der Waals surface area contributed by atoms with Crippen molar-refractivity contribution in [1.29, 1.82) is 0 Å². The standard InChI is InChI=1S/C36H65NO14/c1-13-23-36(9,45)28(41)19(4)25(39)17(2)15-34(7,44)30(51-32-26(40)22(37(10)11)14-18(3)47-32)20(5)27(21(6)31(43)48-23)50-33-29(42)35(8,46-12)16-24(38)49-33/h17-24,26-30,32-33,38,40-42,44-45H,13-16H2,1-12H3/t17-,18?,19+,20+,21-,22?,23-,24?,26?,27+,28?,29?,30-,32?,33?,34-,35?,36-/m1/s1. The quantitative estimate of drug-likeness (QED) is 0.199. The van der Waals surface area contributed by atoms with Crippen molar-refractivity contribution < 1.29 is 68.6 Å². The van der Waals surface area contributed by atoms with Gasteiger partial charge in [-0.3, -0.25) is 9.59 Å². The number of ketones is 1. The highest BCUT2D eigenvalue weighted by Gasteiger charge is 2.54. The number of hydrogen-bond donors (Lipinski definition) is 6. The molecule has 3 heterocycles. The molecule has 0 bridgehead atoms. The number of nitrogens with zero attached hydrogens (tertiary/aromatic N) is 1. The number of rotatable bonds is 7. The number of cyclic esters (lactones) is 1. The molecular weight excluding hydrogens is 670 g/mol. The van der Waals surface area contributed by atoms with Crippen molar-refractivity contribution in [2.45, 2.75) is 172 Å². The van der Waals surface area contributed by atoms with E-state index in [2.05, 4.69) is 0 Å². The lowest BCUT2D eigenvalue weighted by atomic mass is 9.74. The van der Waals surface area contributed by atoms with Gasteiger partial charge >= 0.3 is 5.97 Å². The predicted octanol–water partition coefficient (Wildman–Crippen LogP) is 0.716. The highest BCUT2D eigenvalue weighted by molar-refractivity contribution is 5.83. The fourth-order valence-electron chi connectivity index (χ4n) is 8.14. The molecule has 0 aliphatic carbocycles. The second kappa shape index (κ2) is 17.0. The lowest BCUT2D eigenvalue weighted by molar-refractivity contribution is -0.352. The van der Waals surface area contributed by atoms with Crippen LogP contribution in [0.2, 0.25) is 0 Å². The number of hydrogen-bond acceptors (Lipinski definition) is 15. The number of aliphatic hydroxyl groups excluding tert-OH is 4. The van der Waals surface area contributed by atoms with Gasteiger partial charge in [-0.1, -0.05) is 27.7 Å². The molecule has 0 spiro atoms. The summed E-state index contributed by atoms with van der Waals surface area (Å²) in [4.78, 5) is 29.7. The van der Waals surface area contributed by atoms with E-state index in [4.69, 9.17) is 28.4 Å². The van der Waals surface area contributed by atoms with Crippen LogP contribution in [0.4, 0.5) is 0 Å². The number of likely N-dealkylation sites (N-methyl/N-ethyl adjacent to an activating group) is 1. The van der Waals surface area contributed by atoms with E-state index in [9.17, 15) is 40.2 Å². The minimum absolute atomic E-state index is 0.0785. The maximum Gasteiger partial charge on any atom is 0.311 e. The molecular formula is C36H65NO14. The molecule has 3 aliphatic rings. The average Bonchev–Trinajstić information content (AvgIpc) is 3.05. The van der Waals surface area contributed by atoms with E-state index in [1.54, 1.807) is 27.7 Å². The van der Waals surface area contributed by atoms with Gasteiger partial charge in [0.05, 0.1) is 35.9 Å². The summed E-state index contributed by atoms with van der Waals surface area (Å²) in [7, 11) is 5.01. The summed E-state index contributed by atoms with van der Waals surface area (Å²) >= 11 is 0. The lowest BCUT2D eigenvalue weighted by Crippen LogP contribution is -2.62. The Bertz CT molecular complexity index is 1170. The van der Waals surface area contributed by atoms with Gasteiger partial charge in [-0.15, -0.1) is 0 Å². The highest BCUT2D eigenvalue weighted by atomic mass is 16.7. The van der Waals surface area contributed by atoms with Crippen LogP contribution in [-0.2, 0) is 38.0 Å². The third kappa shape index (κ3) is 9.49. The Morgan fingerprint density at radius 3 is 2.02 bits per heavy atom. The fourth-order valence-corrected chi connectivity index (χ4v) is 8.14. The van der Waals surface area contributed by atoms with Gasteiger partial charge in [0, 0.05) is 37.3 Å². The van der Waals surface area contributed by atoms with E-state index in [0.717, 1.165) is 0 Å². The Kier molecular flexibility index (Phi) is 14.7. The van der Waals surface area contributed by atoms with Crippen LogP contribution in [0, 0.1) is 23.7 Å². The molecule has 0 aromatic carbocycles. The molecule has 0 aromatic heterocycles. The van der Waals surface area contributed by atoms with E-state index in [1.165, 1.54) is 34.8 Å². The van der Waals surface area contributed by atoms with Crippen molar-refractivity contribution in [3.05, 3.63) is 0 Å². The Balaban J connectivity index is 2.20. The van der Waals surface area contributed by atoms with Gasteiger partial charge < -0.3 is 64.0 Å². The Hall–Kier alpha value is -1.34. The molecule has 6 N–H and O–H groups in total. The number of carbonyl (C=O) groups is 2. The lowest BCUT2D eigenvalue weighted by Gasteiger charge is -2.49. The Labute approximate surface area is 302 Å². The second-order valence-electron chi connectivity index (χ2n) is 16.2. The molecule has 15 nitrogen and oxygen atoms in total. The Morgan fingerprint density at radius 1 is 0.863 bits per heavy atom. The molecule has 3 saturated heterocycles. The van der Waals surface area contributed by atoms with E-state index in [-0.39, 0.29) is 31.4 Å². The van der Waals surface area contributed by atoms with E-state index < -0.39 is 108 Å². The fraction of sp³-hybridized carbons (Fsp3) is 0.944. The number of carbonyl (C=O) groups excluding carboxylic acids is 2. The highest BCUT2D eigenvalue weighted by Crippen LogP contribution is 2.40. The largest absolute Gasteiger partial charge is 0.459 e. The Morgan fingerprint density at radius 2 is 1.47 bits per heavy atom. The summed E-state index contributed by atoms with van der Waals surface area (Å²) in [6, 6.07) is -0.362. The number of esters is 1. The molecule has 51 heavy (non-hydrogen) atoms. The summed E-state index contributed by atoms with van der Waals surface area (Å²) < 4.78 is 36.1. The first-order valence-electron chi connectivity index (χ1n) is 18.2. The minimum atomic E-state index is -2.04. The molecule has 298 valence electrons. The summed E-state index contributed by atoms with van der Waals surface area (Å²) in [6.45, 7) is 14.1. The molecule has 3 rings (SSSR count). The van der Waals surface area contributed by atoms with E-state index >= 15 is 0 Å². The molecule has 3 fully saturated rings. The van der Waals surface area contributed by atoms with Crippen LogP contribution >= 0.6 is 0 Å². The molecule has 0 radical (unpaired) electrons. The summed E-state index contributed by atoms with van der Waals surface area (Å²) in [5.74, 6) is -5.46. The summed E-state index contributed by atoms with van der Waals surface area (Å²) in [5, 5.41) is 68.6. The van der Waals surface area contributed by atoms with Crippen LogP contribution in [0.25, 0.3) is 0 Å². The SMILES string of the molecule is CC[C@H]1OC(=O)[C@H](C)[C@@H](OC2OC(O)CC(C)(OC)C2O)[C@H](C)[C@@H](OC2OC(C)CC(N(C)C)C2O)[C@](C)(O)C[C@@H](C)C(=O)[C@H](C)C(O)[C@]1(C)O. The zero-order valence-corrected chi connectivity index (χ0v) is 32.4. The molecule has 0 aromatic rings. The van der Waals surface area contributed by atoms with Gasteiger partial charge in [-0.2, -0.15) is 0 Å². The first-order valence-corrected chi connectivity index (χ1v) is 18.2. The smallest absolute Gasteiger partial charge is 0.311 e. The molecule has 0 amide bonds. The van der Waals surface area contributed by atoms with Gasteiger partial charge in [0.2, 0.25) is 0 Å². The normalized spacial score (nSPS) is 49.7. The first kappa shape index (κ1) is 44.1. The van der Waals surface area contributed by atoms with Crippen LogP contribution < -0.4 is 0 Å². The molecule has 9 unspecified atom stereocenters. The minimum Gasteiger partial charge on any atom is -0.459 e. The monoisotopic (exact) mass is 735 g/mol. The van der Waals surface area contributed by atoms with Crippen LogP contribution in [-0.4, -0.2) is 153 Å². The van der Waals surface area contributed by atoms with Gasteiger partial charge in [0.1, 0.15) is 35.3 Å². The van der Waals surface area contributed by atoms with Gasteiger partial charge in [0.15, 0.2) is 18.9 Å². The van der Waals surface area contributed by atoms with E-state index in [0.29, 0.717) is 6.42 Å². The van der Waals surface area contributed by atoms with Crippen molar-refractivity contribution in [3.63, 3.8) is 0 Å². The number of aliphatic hydroxyl groups is 6. The zero-order chi connectivity index (χ0) is 39.0. The van der Waals surface area contributed by atoms with Gasteiger partial charge in [0.25, 0.3) is 0 Å². The number of ether oxygens (including phenoxy) is 6. The molecule has 15 heteroatoms. The topological polar surface area (TPSA) is 214 Å². The van der Waals surface area contributed by atoms with Crippen LogP contribution in [0.5, 0.6) is 0 Å². The van der Waals surface area contributed by atoms with Crippen LogP contribution in [0.3, 0.4) is 0 Å². The number of methoxy groups -OCH3 is 1. The van der Waals surface area contributed by atoms with E-state index in [1.807, 2.05) is 25.9 Å². The maximum absolute atomic E-state index is 14.0. The molecule has 0 saturated carbocycles. The van der Waals surface area contributed by atoms with Crippen LogP contribution in [0.1, 0.15) is 88.0 Å². The second-order valence-corrected chi connectivity index (χ2v) is 16.2. The maximum atomic E-state index is 14.0. The number of Topliss-reactive ketones (excluding diaryl/α,β-unsaturated/α-hetero) is 1. The third-order valence-corrected chi connectivity index (χ3v) is 11.5. The van der Waals surface area contributed by atoms with Crippen molar-refractivity contribution in [1.82, 2.24) is 4.90 Å². The first-order chi connectivity index (χ1) is 23.4. The zero-order valence-electron chi connectivity index (χ0n) is 32.4. The van der Waals surface area contributed by atoms with Crippen molar-refractivity contribution in [2.75, 3.05) is 21.2 Å². The van der Waals surface area contributed by atoms with Crippen LogP contribution in [0.15, 0.2) is 0 Å². The van der Waals surface area contributed by atoms with Gasteiger partial charge in [-0.25, -0.2) is 0 Å². The summed E-state index contributed by atoms with van der Waals surface area (Å²) in [6.07, 6.45) is -12.3. The van der Waals surface area contributed by atoms with Crippen molar-refractivity contribution in [3.8, 4) is 0 Å². The summed E-state index contributed by atoms with van der Waals surface area (Å²) in [5.41, 5.74) is -5.21. The van der Waals surface area contributed by atoms with Crippen molar-refractivity contribution in [2.24, 2.45) is 23.7 Å². The molecule has 3 aliphatic heterocycles. The van der Waals surface area contributed by atoms with Crippen molar-refractivity contribution >= 4 is 11.8 Å². The van der Waals surface area contributed by atoms with Gasteiger partial charge in [-0.05, 0) is 68.0 Å².